The summed E-state index contributed by atoms with van der Waals surface area (Å²) in [6.45, 7) is 21.0. The summed E-state index contributed by atoms with van der Waals surface area (Å²) in [7, 11) is 0. The number of hydrazine groups is 2. The topological polar surface area (TPSA) is 87.8 Å². The first-order valence-corrected chi connectivity index (χ1v) is 9.40. The number of hydrogen-bond acceptors (Lipinski definition) is 6. The van der Waals surface area contributed by atoms with Crippen molar-refractivity contribution >= 4 is 0 Å². The lowest BCUT2D eigenvalue weighted by atomic mass is 9.93. The maximum Gasteiger partial charge on any atom is 0.0976 e. The summed E-state index contributed by atoms with van der Waals surface area (Å²) in [5.74, 6) is 0.809. The van der Waals surface area contributed by atoms with Crippen molar-refractivity contribution in [1.82, 2.24) is 15.1 Å². The normalized spacial score (nSPS) is 26.6. The van der Waals surface area contributed by atoms with E-state index in [0.29, 0.717) is 0 Å². The van der Waals surface area contributed by atoms with Gasteiger partial charge in [0.15, 0.2) is 0 Å². The van der Waals surface area contributed by atoms with Gasteiger partial charge < -0.3 is 17.2 Å². The summed E-state index contributed by atoms with van der Waals surface area (Å²) in [6, 6.07) is 0. The van der Waals surface area contributed by atoms with Crippen molar-refractivity contribution in [2.24, 2.45) is 35.0 Å². The molecule has 1 saturated heterocycles. The Morgan fingerprint density at radius 3 is 1.17 bits per heavy atom. The zero-order valence-corrected chi connectivity index (χ0v) is 17.4. The van der Waals surface area contributed by atoms with Crippen molar-refractivity contribution in [3.05, 3.63) is 0 Å². The number of nitrogens with two attached hydrogens (primary N) is 3. The van der Waals surface area contributed by atoms with Crippen LogP contribution in [0.2, 0.25) is 0 Å². The van der Waals surface area contributed by atoms with Crippen LogP contribution < -0.4 is 17.2 Å². The first-order chi connectivity index (χ1) is 10.7. The highest BCUT2D eigenvalue weighted by molar-refractivity contribution is 4.94. The molecule has 0 aromatic rings. The molecule has 1 aliphatic heterocycles. The van der Waals surface area contributed by atoms with Gasteiger partial charge in [0.05, 0.1) is 17.0 Å². The molecule has 1 aliphatic rings. The van der Waals surface area contributed by atoms with Gasteiger partial charge in [-0.3, -0.25) is 0 Å². The van der Waals surface area contributed by atoms with Gasteiger partial charge >= 0.3 is 0 Å². The predicted molar refractivity (Wildman–Crippen MR) is 102 cm³/mol. The van der Waals surface area contributed by atoms with Gasteiger partial charge in [-0.2, -0.15) is 5.12 Å². The average molecular weight is 343 g/mol. The Kier molecular flexibility index (Phi) is 6.52. The van der Waals surface area contributed by atoms with Gasteiger partial charge in [0, 0.05) is 13.1 Å². The molecule has 3 unspecified atom stereocenters. The van der Waals surface area contributed by atoms with Gasteiger partial charge in [-0.1, -0.05) is 41.5 Å². The number of hydrogen-bond donors (Lipinski definition) is 3. The third-order valence-electron chi connectivity index (χ3n) is 6.25. The maximum absolute atomic E-state index is 6.84. The third-order valence-corrected chi connectivity index (χ3v) is 6.25. The van der Waals surface area contributed by atoms with Gasteiger partial charge in [0.1, 0.15) is 0 Å². The highest BCUT2D eigenvalue weighted by Gasteiger charge is 2.51. The van der Waals surface area contributed by atoms with Crippen molar-refractivity contribution < 1.29 is 0 Å². The molecule has 24 heavy (non-hydrogen) atoms. The summed E-state index contributed by atoms with van der Waals surface area (Å²) in [5.41, 5.74) is 18.8. The van der Waals surface area contributed by atoms with E-state index in [1.54, 1.807) is 0 Å². The minimum absolute atomic E-state index is 0.242. The van der Waals surface area contributed by atoms with Crippen LogP contribution in [0, 0.1) is 17.8 Å². The lowest BCUT2D eigenvalue weighted by molar-refractivity contribution is -0.338. The van der Waals surface area contributed by atoms with Crippen LogP contribution in [0.1, 0.15) is 68.7 Å². The van der Waals surface area contributed by atoms with Crippen LogP contribution in [-0.4, -0.2) is 45.2 Å². The average Bonchev–Trinajstić information content (AvgIpc) is 2.45. The van der Waals surface area contributed by atoms with Gasteiger partial charge in [-0.05, 0) is 44.9 Å². The first-order valence-electron chi connectivity index (χ1n) is 9.40. The van der Waals surface area contributed by atoms with Gasteiger partial charge in [0.2, 0.25) is 0 Å². The van der Waals surface area contributed by atoms with E-state index >= 15 is 0 Å². The fourth-order valence-corrected chi connectivity index (χ4v) is 2.93. The van der Waals surface area contributed by atoms with Crippen LogP contribution in [-0.2, 0) is 0 Å². The zero-order chi connectivity index (χ0) is 19.1. The molecule has 0 aromatic carbocycles. The van der Waals surface area contributed by atoms with E-state index in [1.165, 1.54) is 0 Å². The van der Waals surface area contributed by atoms with Crippen LogP contribution in [0.25, 0.3) is 0 Å². The lowest BCUT2D eigenvalue weighted by Gasteiger charge is -2.63. The summed E-state index contributed by atoms with van der Waals surface area (Å²) in [4.78, 5) is 0. The summed E-state index contributed by atoms with van der Waals surface area (Å²) >= 11 is 0. The quantitative estimate of drug-likeness (QED) is 0.685. The maximum atomic E-state index is 6.84. The molecule has 0 saturated carbocycles. The van der Waals surface area contributed by atoms with E-state index in [0.717, 1.165) is 19.5 Å². The molecule has 0 aliphatic carbocycles. The molecular formula is C18H42N6. The Morgan fingerprint density at radius 2 is 0.917 bits per heavy atom. The molecule has 1 rings (SSSR count). The summed E-state index contributed by atoms with van der Waals surface area (Å²) in [5, 5.41) is 6.67. The van der Waals surface area contributed by atoms with E-state index in [2.05, 4.69) is 77.4 Å². The second kappa shape index (κ2) is 7.17. The van der Waals surface area contributed by atoms with E-state index < -0.39 is 17.0 Å². The van der Waals surface area contributed by atoms with Gasteiger partial charge in [-0.25, -0.2) is 10.0 Å². The monoisotopic (exact) mass is 342 g/mol. The van der Waals surface area contributed by atoms with Crippen LogP contribution >= 0.6 is 0 Å². The Morgan fingerprint density at radius 1 is 0.625 bits per heavy atom. The fraction of sp³-hybridized carbons (Fsp3) is 1.00. The van der Waals surface area contributed by atoms with Crippen molar-refractivity contribution in [3.63, 3.8) is 0 Å². The second-order valence-electron chi connectivity index (χ2n) is 9.03. The van der Waals surface area contributed by atoms with Crippen LogP contribution in [0.15, 0.2) is 0 Å². The molecule has 1 fully saturated rings. The largest absolute Gasteiger partial charge is 0.312 e. The molecule has 6 heteroatoms. The second-order valence-corrected chi connectivity index (χ2v) is 9.03. The highest BCUT2D eigenvalue weighted by atomic mass is 15.9. The molecule has 0 aromatic heterocycles. The minimum atomic E-state index is -0.578. The van der Waals surface area contributed by atoms with E-state index in [4.69, 9.17) is 17.2 Å². The number of nitrogens with zero attached hydrogens (tertiary/aromatic N) is 3. The molecule has 0 spiro atoms. The first kappa shape index (κ1) is 21.8. The Hall–Kier alpha value is -0.240. The van der Waals surface area contributed by atoms with Crippen LogP contribution in [0.4, 0.5) is 0 Å². The standard InChI is InChI=1S/C18H42N6/c1-13(2)16(7,19)22-11-10-12-23(17(8,20)14(3)4)24(22)18(9,21)15(5)6/h13-15H,10-12,19-21H2,1-9H3. The lowest BCUT2D eigenvalue weighted by Crippen LogP contribution is -2.81. The molecule has 144 valence electrons. The van der Waals surface area contributed by atoms with Crippen molar-refractivity contribution in [2.75, 3.05) is 13.1 Å². The SMILES string of the molecule is CC(C)C(C)(N)N1CCCN(C(C)(N)C(C)C)N1C(C)(N)C(C)C. The van der Waals surface area contributed by atoms with Crippen molar-refractivity contribution in [1.29, 1.82) is 0 Å². The van der Waals surface area contributed by atoms with Gasteiger partial charge in [-0.15, -0.1) is 0 Å². The molecule has 1 heterocycles. The van der Waals surface area contributed by atoms with Crippen molar-refractivity contribution in [2.45, 2.75) is 85.7 Å². The molecule has 0 bridgehead atoms. The smallest absolute Gasteiger partial charge is 0.0976 e. The number of rotatable bonds is 6. The van der Waals surface area contributed by atoms with E-state index in [1.807, 2.05) is 0 Å². The predicted octanol–water partition coefficient (Wildman–Crippen LogP) is 2.12. The molecule has 0 amide bonds. The molecule has 3 atom stereocenters. The van der Waals surface area contributed by atoms with Crippen molar-refractivity contribution in [3.8, 4) is 0 Å². The molecule has 0 radical (unpaired) electrons. The zero-order valence-electron chi connectivity index (χ0n) is 17.4. The Labute approximate surface area is 149 Å². The third kappa shape index (κ3) is 3.79. The molecule has 6 N–H and O–H groups in total. The summed E-state index contributed by atoms with van der Waals surface area (Å²) < 4.78 is 0. The Bertz CT molecular complexity index is 386. The highest BCUT2D eigenvalue weighted by Crippen LogP contribution is 2.36. The van der Waals surface area contributed by atoms with Gasteiger partial charge in [0.25, 0.3) is 0 Å². The fourth-order valence-electron chi connectivity index (χ4n) is 2.93. The molecule has 6 nitrogen and oxygen atoms in total. The van der Waals surface area contributed by atoms with Crippen LogP contribution in [0.5, 0.6) is 0 Å². The Balaban J connectivity index is 3.45. The van der Waals surface area contributed by atoms with E-state index in [-0.39, 0.29) is 17.8 Å². The van der Waals surface area contributed by atoms with E-state index in [9.17, 15) is 0 Å². The summed E-state index contributed by atoms with van der Waals surface area (Å²) in [6.07, 6.45) is 1.02. The minimum Gasteiger partial charge on any atom is -0.312 e. The van der Waals surface area contributed by atoms with Crippen LogP contribution in [0.3, 0.4) is 0 Å². The molecular weight excluding hydrogens is 300 g/mol.